The highest BCUT2D eigenvalue weighted by atomic mass is 79.9. The quantitative estimate of drug-likeness (QED) is 0.293. The molecule has 4 aromatic rings. The van der Waals surface area contributed by atoms with Crippen molar-refractivity contribution in [3.63, 3.8) is 0 Å². The van der Waals surface area contributed by atoms with Gasteiger partial charge in [0.1, 0.15) is 5.15 Å². The number of thioether (sulfide) groups is 1. The van der Waals surface area contributed by atoms with Crippen molar-refractivity contribution in [2.75, 3.05) is 0 Å². The van der Waals surface area contributed by atoms with Gasteiger partial charge >= 0.3 is 0 Å². The monoisotopic (exact) mass is 431 g/mol. The second-order valence-electron chi connectivity index (χ2n) is 5.27. The van der Waals surface area contributed by atoms with Crippen LogP contribution >= 0.6 is 39.3 Å². The Bertz CT molecular complexity index is 1050. The van der Waals surface area contributed by atoms with Crippen LogP contribution in [0, 0.1) is 0 Å². The predicted molar refractivity (Wildman–Crippen MR) is 104 cm³/mol. The zero-order valence-electron chi connectivity index (χ0n) is 12.8. The molecule has 0 saturated heterocycles. The molecule has 25 heavy (non-hydrogen) atoms. The number of hydrogen-bond acceptors (Lipinski definition) is 5. The molecular formula is C18H11BrClN3OS. The van der Waals surface area contributed by atoms with E-state index in [0.717, 1.165) is 26.5 Å². The van der Waals surface area contributed by atoms with Crippen LogP contribution in [0.1, 0.15) is 5.56 Å². The van der Waals surface area contributed by atoms with E-state index >= 15 is 0 Å². The van der Waals surface area contributed by atoms with Gasteiger partial charge in [0, 0.05) is 21.2 Å². The summed E-state index contributed by atoms with van der Waals surface area (Å²) in [6, 6.07) is 17.7. The van der Waals surface area contributed by atoms with Crippen LogP contribution in [0.2, 0.25) is 5.15 Å². The van der Waals surface area contributed by atoms with Crippen molar-refractivity contribution in [2.45, 2.75) is 11.0 Å². The van der Waals surface area contributed by atoms with Crippen LogP contribution < -0.4 is 0 Å². The van der Waals surface area contributed by atoms with E-state index in [1.807, 2.05) is 54.6 Å². The smallest absolute Gasteiger partial charge is 0.277 e. The molecule has 4 nitrogen and oxygen atoms in total. The van der Waals surface area contributed by atoms with Crippen LogP contribution in [0.3, 0.4) is 0 Å². The molecule has 0 bridgehead atoms. The molecular weight excluding hydrogens is 422 g/mol. The van der Waals surface area contributed by atoms with Gasteiger partial charge in [0.05, 0.1) is 11.1 Å². The Morgan fingerprint density at radius 2 is 1.84 bits per heavy atom. The van der Waals surface area contributed by atoms with Crippen LogP contribution in [-0.2, 0) is 5.75 Å². The number of hydrogen-bond donors (Lipinski definition) is 0. The molecule has 0 radical (unpaired) electrons. The molecule has 2 aromatic heterocycles. The number of pyridine rings is 1. The first-order valence-corrected chi connectivity index (χ1v) is 9.62. The van der Waals surface area contributed by atoms with Crippen LogP contribution in [0.25, 0.3) is 22.4 Å². The van der Waals surface area contributed by atoms with Gasteiger partial charge in [0.2, 0.25) is 5.89 Å². The van der Waals surface area contributed by atoms with E-state index in [1.165, 1.54) is 11.8 Å². The average molecular weight is 433 g/mol. The Morgan fingerprint density at radius 1 is 1.04 bits per heavy atom. The summed E-state index contributed by atoms with van der Waals surface area (Å²) in [5.74, 6) is 1.09. The minimum atomic E-state index is 0.484. The number of rotatable bonds is 4. The molecule has 0 aliphatic rings. The summed E-state index contributed by atoms with van der Waals surface area (Å²) >= 11 is 11.2. The maximum Gasteiger partial charge on any atom is 0.277 e. The topological polar surface area (TPSA) is 51.8 Å². The highest BCUT2D eigenvalue weighted by molar-refractivity contribution is 9.10. The van der Waals surface area contributed by atoms with E-state index in [1.54, 1.807) is 0 Å². The first kappa shape index (κ1) is 16.6. The van der Waals surface area contributed by atoms with Gasteiger partial charge in [-0.1, -0.05) is 53.7 Å². The highest BCUT2D eigenvalue weighted by Crippen LogP contribution is 2.31. The Balaban J connectivity index is 1.54. The van der Waals surface area contributed by atoms with E-state index in [0.29, 0.717) is 22.0 Å². The van der Waals surface area contributed by atoms with Gasteiger partial charge in [-0.15, -0.1) is 10.2 Å². The second-order valence-corrected chi connectivity index (χ2v) is 7.41. The molecule has 2 aromatic carbocycles. The minimum absolute atomic E-state index is 0.484. The molecule has 0 unspecified atom stereocenters. The Labute approximate surface area is 161 Å². The van der Waals surface area contributed by atoms with Gasteiger partial charge in [-0.25, -0.2) is 4.98 Å². The van der Waals surface area contributed by atoms with E-state index in [2.05, 4.69) is 31.1 Å². The lowest BCUT2D eigenvalue weighted by Crippen LogP contribution is -1.88. The van der Waals surface area contributed by atoms with Gasteiger partial charge in [0.15, 0.2) is 0 Å². The Hall–Kier alpha value is -1.89. The van der Waals surface area contributed by atoms with Gasteiger partial charge in [-0.2, -0.15) is 0 Å². The predicted octanol–water partition coefficient (Wildman–Crippen LogP) is 5.99. The molecule has 0 N–H and O–H groups in total. The molecule has 124 valence electrons. The number of para-hydroxylation sites is 1. The molecule has 0 aliphatic carbocycles. The minimum Gasteiger partial charge on any atom is -0.411 e. The number of benzene rings is 2. The summed E-state index contributed by atoms with van der Waals surface area (Å²) < 4.78 is 6.66. The van der Waals surface area contributed by atoms with Gasteiger partial charge in [0.25, 0.3) is 5.22 Å². The summed E-state index contributed by atoms with van der Waals surface area (Å²) in [5, 5.41) is 10.3. The molecule has 0 atom stereocenters. The van der Waals surface area contributed by atoms with Gasteiger partial charge in [-0.3, -0.25) is 0 Å². The van der Waals surface area contributed by atoms with Gasteiger partial charge < -0.3 is 4.42 Å². The summed E-state index contributed by atoms with van der Waals surface area (Å²) in [4.78, 5) is 4.43. The standard InChI is InChI=1S/C18H11BrClN3OS/c19-14-7-3-2-6-13(14)17-22-23-18(24-17)25-10-12-9-11-5-1-4-8-15(11)21-16(12)20/h1-9H,10H2. The lowest BCUT2D eigenvalue weighted by molar-refractivity contribution is 0.465. The van der Waals surface area contributed by atoms with Crippen molar-refractivity contribution in [1.82, 2.24) is 15.2 Å². The van der Waals surface area contributed by atoms with E-state index in [4.69, 9.17) is 16.0 Å². The molecule has 0 aliphatic heterocycles. The first-order chi connectivity index (χ1) is 12.2. The number of fused-ring (bicyclic) bond motifs is 1. The zero-order valence-corrected chi connectivity index (χ0v) is 16.0. The van der Waals surface area contributed by atoms with Crippen molar-refractivity contribution in [1.29, 1.82) is 0 Å². The summed E-state index contributed by atoms with van der Waals surface area (Å²) in [5.41, 5.74) is 2.69. The molecule has 0 amide bonds. The number of halogens is 2. The molecule has 7 heteroatoms. The number of nitrogens with zero attached hydrogens (tertiary/aromatic N) is 3. The van der Waals surface area contributed by atoms with Crippen LogP contribution in [0.4, 0.5) is 0 Å². The summed E-state index contributed by atoms with van der Waals surface area (Å²) in [6.07, 6.45) is 0. The zero-order chi connectivity index (χ0) is 17.2. The first-order valence-electron chi connectivity index (χ1n) is 7.46. The fourth-order valence-electron chi connectivity index (χ4n) is 2.39. The van der Waals surface area contributed by atoms with E-state index in [-0.39, 0.29) is 0 Å². The van der Waals surface area contributed by atoms with Crippen molar-refractivity contribution < 1.29 is 4.42 Å². The molecule has 0 spiro atoms. The fraction of sp³-hybridized carbons (Fsp3) is 0.0556. The normalized spacial score (nSPS) is 11.1. The Kier molecular flexibility index (Phi) is 4.74. The SMILES string of the molecule is Clc1nc2ccccc2cc1CSc1nnc(-c2ccccc2Br)o1. The maximum absolute atomic E-state index is 6.29. The number of aromatic nitrogens is 3. The van der Waals surface area contributed by atoms with Crippen molar-refractivity contribution in [2.24, 2.45) is 0 Å². The third-order valence-electron chi connectivity index (χ3n) is 3.61. The Morgan fingerprint density at radius 3 is 2.72 bits per heavy atom. The largest absolute Gasteiger partial charge is 0.411 e. The van der Waals surface area contributed by atoms with Crippen molar-refractivity contribution >= 4 is 50.2 Å². The van der Waals surface area contributed by atoms with E-state index in [9.17, 15) is 0 Å². The average Bonchev–Trinajstić information content (AvgIpc) is 3.09. The van der Waals surface area contributed by atoms with Crippen LogP contribution in [0.15, 0.2) is 68.7 Å². The summed E-state index contributed by atoms with van der Waals surface area (Å²) in [7, 11) is 0. The van der Waals surface area contributed by atoms with Crippen LogP contribution in [-0.4, -0.2) is 15.2 Å². The van der Waals surface area contributed by atoms with E-state index < -0.39 is 0 Å². The maximum atomic E-state index is 6.29. The summed E-state index contributed by atoms with van der Waals surface area (Å²) in [6.45, 7) is 0. The third kappa shape index (κ3) is 3.56. The lowest BCUT2D eigenvalue weighted by Gasteiger charge is -2.04. The van der Waals surface area contributed by atoms with Crippen molar-refractivity contribution in [3.05, 3.63) is 69.8 Å². The molecule has 0 fully saturated rings. The molecule has 0 saturated carbocycles. The molecule has 4 rings (SSSR count). The van der Waals surface area contributed by atoms with Gasteiger partial charge in [-0.05, 0) is 40.2 Å². The van der Waals surface area contributed by atoms with Crippen molar-refractivity contribution in [3.8, 4) is 11.5 Å². The molecule has 2 heterocycles. The van der Waals surface area contributed by atoms with Crippen LogP contribution in [0.5, 0.6) is 0 Å². The highest BCUT2D eigenvalue weighted by Gasteiger charge is 2.13. The fourth-order valence-corrected chi connectivity index (χ4v) is 3.87. The second kappa shape index (κ2) is 7.15. The third-order valence-corrected chi connectivity index (χ3v) is 5.50. The lowest BCUT2D eigenvalue weighted by atomic mass is 10.2.